The Balaban J connectivity index is 1.82. The summed E-state index contributed by atoms with van der Waals surface area (Å²) in [6, 6.07) is 13.4. The molecule has 2 heterocycles. The standard InChI is InChI=1S/C20H17ClN4OS/c1-11-14(21)7-6-9-15(11)22-12(2)18-13(3)24-25(19(18)26)20-23-16-8-4-5-10-17(16)27-20/h4-10,24H,1-3H3. The van der Waals surface area contributed by atoms with Crippen molar-refractivity contribution < 1.29 is 0 Å². The number of aliphatic imine (C=N–C) groups is 1. The third-order valence-electron chi connectivity index (χ3n) is 4.43. The topological polar surface area (TPSA) is 63.0 Å². The lowest BCUT2D eigenvalue weighted by Crippen LogP contribution is -2.19. The van der Waals surface area contributed by atoms with E-state index in [4.69, 9.17) is 11.6 Å². The molecule has 0 saturated carbocycles. The molecule has 0 amide bonds. The first-order valence-corrected chi connectivity index (χ1v) is 9.63. The molecular formula is C20H17ClN4OS. The van der Waals surface area contributed by atoms with Crippen LogP contribution in [0.4, 0.5) is 5.69 Å². The van der Waals surface area contributed by atoms with Crippen molar-refractivity contribution >= 4 is 44.6 Å². The summed E-state index contributed by atoms with van der Waals surface area (Å²) < 4.78 is 2.52. The van der Waals surface area contributed by atoms with Crippen LogP contribution in [0.1, 0.15) is 23.7 Å². The van der Waals surface area contributed by atoms with Gasteiger partial charge in [0.15, 0.2) is 0 Å². The van der Waals surface area contributed by atoms with Crippen molar-refractivity contribution in [3.8, 4) is 5.13 Å². The zero-order chi connectivity index (χ0) is 19.1. The highest BCUT2D eigenvalue weighted by Gasteiger charge is 2.17. The molecule has 2 aromatic carbocycles. The average Bonchev–Trinajstić information content (AvgIpc) is 3.19. The van der Waals surface area contributed by atoms with Gasteiger partial charge in [0.05, 0.1) is 27.2 Å². The molecule has 4 rings (SSSR count). The van der Waals surface area contributed by atoms with Crippen molar-refractivity contribution in [3.05, 3.63) is 74.7 Å². The zero-order valence-electron chi connectivity index (χ0n) is 15.1. The number of hydrogen-bond donors (Lipinski definition) is 1. The SMILES string of the molecule is CC(=Nc1cccc(Cl)c1C)c1c(C)[nH]n(-c2nc3ccccc3s2)c1=O. The number of H-pyrrole nitrogens is 1. The molecule has 0 fully saturated rings. The number of para-hydroxylation sites is 1. The number of fused-ring (bicyclic) bond motifs is 1. The molecule has 0 unspecified atom stereocenters. The van der Waals surface area contributed by atoms with Gasteiger partial charge >= 0.3 is 0 Å². The molecule has 7 heteroatoms. The second kappa shape index (κ2) is 6.79. The van der Waals surface area contributed by atoms with E-state index < -0.39 is 0 Å². The van der Waals surface area contributed by atoms with E-state index in [0.29, 0.717) is 21.4 Å². The van der Waals surface area contributed by atoms with Crippen molar-refractivity contribution in [1.82, 2.24) is 14.8 Å². The van der Waals surface area contributed by atoms with Gasteiger partial charge in [0.25, 0.3) is 5.56 Å². The van der Waals surface area contributed by atoms with Crippen molar-refractivity contribution in [1.29, 1.82) is 0 Å². The molecule has 0 atom stereocenters. The number of nitrogens with one attached hydrogen (secondary N) is 1. The number of nitrogens with zero attached hydrogens (tertiary/aromatic N) is 3. The van der Waals surface area contributed by atoms with E-state index in [9.17, 15) is 4.79 Å². The molecule has 0 aliphatic carbocycles. The van der Waals surface area contributed by atoms with Gasteiger partial charge in [0.2, 0.25) is 5.13 Å². The second-order valence-electron chi connectivity index (χ2n) is 6.30. The summed E-state index contributed by atoms with van der Waals surface area (Å²) in [6.45, 7) is 5.61. The fourth-order valence-corrected chi connectivity index (χ4v) is 4.11. The Labute approximate surface area is 165 Å². The van der Waals surface area contributed by atoms with E-state index in [1.807, 2.05) is 63.2 Å². The van der Waals surface area contributed by atoms with E-state index in [-0.39, 0.29) is 5.56 Å². The first-order valence-electron chi connectivity index (χ1n) is 8.44. The van der Waals surface area contributed by atoms with E-state index in [1.165, 1.54) is 16.0 Å². The highest BCUT2D eigenvalue weighted by atomic mass is 35.5. The van der Waals surface area contributed by atoms with Crippen molar-refractivity contribution in [2.75, 3.05) is 0 Å². The molecule has 0 spiro atoms. The number of aromatic nitrogens is 3. The van der Waals surface area contributed by atoms with Gasteiger partial charge < -0.3 is 0 Å². The van der Waals surface area contributed by atoms with Crippen LogP contribution in [0, 0.1) is 13.8 Å². The maximum absolute atomic E-state index is 13.0. The van der Waals surface area contributed by atoms with Crippen LogP contribution in [-0.2, 0) is 0 Å². The maximum atomic E-state index is 13.0. The first-order chi connectivity index (χ1) is 13.0. The minimum absolute atomic E-state index is 0.160. The van der Waals surface area contributed by atoms with Crippen LogP contribution in [0.5, 0.6) is 0 Å². The second-order valence-corrected chi connectivity index (χ2v) is 7.71. The number of thiazole rings is 1. The average molecular weight is 397 g/mol. The van der Waals surface area contributed by atoms with Crippen molar-refractivity contribution in [2.45, 2.75) is 20.8 Å². The normalized spacial score (nSPS) is 12.1. The number of aromatic amines is 1. The molecule has 0 saturated heterocycles. The molecule has 0 aliphatic rings. The lowest BCUT2D eigenvalue weighted by Gasteiger charge is -2.04. The predicted octanol–water partition coefficient (Wildman–Crippen LogP) is 5.19. The molecule has 27 heavy (non-hydrogen) atoms. The fraction of sp³-hybridized carbons (Fsp3) is 0.150. The van der Waals surface area contributed by atoms with Crippen LogP contribution < -0.4 is 5.56 Å². The third-order valence-corrected chi connectivity index (χ3v) is 5.87. The van der Waals surface area contributed by atoms with E-state index in [2.05, 4.69) is 15.1 Å². The summed E-state index contributed by atoms with van der Waals surface area (Å²) in [5, 5.41) is 4.40. The minimum Gasteiger partial charge on any atom is -0.293 e. The lowest BCUT2D eigenvalue weighted by atomic mass is 10.1. The van der Waals surface area contributed by atoms with E-state index in [1.54, 1.807) is 0 Å². The van der Waals surface area contributed by atoms with E-state index in [0.717, 1.165) is 27.2 Å². The lowest BCUT2D eigenvalue weighted by molar-refractivity contribution is 0.829. The zero-order valence-corrected chi connectivity index (χ0v) is 16.6. The smallest absolute Gasteiger partial charge is 0.282 e. The predicted molar refractivity (Wildman–Crippen MR) is 112 cm³/mol. The van der Waals surface area contributed by atoms with Gasteiger partial charge in [0, 0.05) is 10.7 Å². The van der Waals surface area contributed by atoms with Crippen LogP contribution in [-0.4, -0.2) is 20.5 Å². The summed E-state index contributed by atoms with van der Waals surface area (Å²) in [5.74, 6) is 0. The monoisotopic (exact) mass is 396 g/mol. The van der Waals surface area contributed by atoms with Gasteiger partial charge in [-0.25, -0.2) is 4.98 Å². The summed E-state index contributed by atoms with van der Waals surface area (Å²) in [5.41, 5.74) is 4.29. The van der Waals surface area contributed by atoms with Crippen molar-refractivity contribution in [2.24, 2.45) is 4.99 Å². The largest absolute Gasteiger partial charge is 0.293 e. The summed E-state index contributed by atoms with van der Waals surface area (Å²) in [6.07, 6.45) is 0. The van der Waals surface area contributed by atoms with Gasteiger partial charge in [-0.05, 0) is 50.6 Å². The third kappa shape index (κ3) is 3.11. The Morgan fingerprint density at radius 3 is 2.74 bits per heavy atom. The summed E-state index contributed by atoms with van der Waals surface area (Å²) in [4.78, 5) is 22.2. The van der Waals surface area contributed by atoms with Crippen LogP contribution in [0.3, 0.4) is 0 Å². The molecule has 0 radical (unpaired) electrons. The fourth-order valence-electron chi connectivity index (χ4n) is 3.02. The van der Waals surface area contributed by atoms with Gasteiger partial charge in [0.1, 0.15) is 0 Å². The Hall–Kier alpha value is -2.70. The Morgan fingerprint density at radius 1 is 1.19 bits per heavy atom. The van der Waals surface area contributed by atoms with Crippen molar-refractivity contribution in [3.63, 3.8) is 0 Å². The van der Waals surface area contributed by atoms with Gasteiger partial charge in [-0.15, -0.1) is 0 Å². The number of hydrogen-bond acceptors (Lipinski definition) is 4. The first kappa shape index (κ1) is 17.7. The van der Waals surface area contributed by atoms with Gasteiger partial charge in [-0.2, -0.15) is 4.68 Å². The van der Waals surface area contributed by atoms with Gasteiger partial charge in [-0.1, -0.05) is 41.1 Å². The molecule has 5 nitrogen and oxygen atoms in total. The summed E-state index contributed by atoms with van der Waals surface area (Å²) in [7, 11) is 0. The van der Waals surface area contributed by atoms with Crippen LogP contribution >= 0.6 is 22.9 Å². The number of benzene rings is 2. The highest BCUT2D eigenvalue weighted by Crippen LogP contribution is 2.27. The molecule has 136 valence electrons. The molecule has 1 N–H and O–H groups in total. The van der Waals surface area contributed by atoms with Gasteiger partial charge in [-0.3, -0.25) is 14.9 Å². The Bertz CT molecular complexity index is 1220. The highest BCUT2D eigenvalue weighted by molar-refractivity contribution is 7.20. The van der Waals surface area contributed by atoms with E-state index >= 15 is 0 Å². The summed E-state index contributed by atoms with van der Waals surface area (Å²) >= 11 is 7.65. The van der Waals surface area contributed by atoms with Crippen LogP contribution in [0.15, 0.2) is 52.3 Å². The number of aryl methyl sites for hydroxylation is 1. The number of halogens is 1. The maximum Gasteiger partial charge on any atom is 0.282 e. The Morgan fingerprint density at radius 2 is 1.96 bits per heavy atom. The molecule has 0 bridgehead atoms. The van der Waals surface area contributed by atoms with Crippen LogP contribution in [0.2, 0.25) is 5.02 Å². The minimum atomic E-state index is -0.160. The quantitative estimate of drug-likeness (QED) is 0.484. The molecular weight excluding hydrogens is 380 g/mol. The van der Waals surface area contributed by atoms with Crippen LogP contribution in [0.25, 0.3) is 15.3 Å². The molecule has 0 aliphatic heterocycles. The molecule has 2 aromatic heterocycles. The molecule has 4 aromatic rings. The Kier molecular flexibility index (Phi) is 4.45. The number of rotatable bonds is 3.